The summed E-state index contributed by atoms with van der Waals surface area (Å²) in [7, 11) is 0. The van der Waals surface area contributed by atoms with Gasteiger partial charge in [-0.25, -0.2) is 0 Å². The quantitative estimate of drug-likeness (QED) is 0.374. The van der Waals surface area contributed by atoms with Crippen LogP contribution in [-0.2, 0) is 9.59 Å². The van der Waals surface area contributed by atoms with Crippen LogP contribution in [0.1, 0.15) is 13.8 Å². The Bertz CT molecular complexity index is 947. The average molecular weight is 373 g/mol. The van der Waals surface area contributed by atoms with E-state index in [2.05, 4.69) is 15.9 Å². The van der Waals surface area contributed by atoms with Gasteiger partial charge in [-0.15, -0.1) is 0 Å². The van der Waals surface area contributed by atoms with Crippen molar-refractivity contribution in [2.24, 2.45) is 0 Å². The Morgan fingerprint density at radius 2 is 1.43 bits per heavy atom. The minimum atomic E-state index is -0.416. The lowest BCUT2D eigenvalue weighted by molar-refractivity contribution is -0.133. The van der Waals surface area contributed by atoms with Crippen LogP contribution in [-0.4, -0.2) is 11.9 Å². The first kappa shape index (κ1) is 15.5. The maximum atomic E-state index is 11.4. The highest BCUT2D eigenvalue weighted by Crippen LogP contribution is 2.41. The van der Waals surface area contributed by atoms with Crippen molar-refractivity contribution in [2.45, 2.75) is 13.8 Å². The Balaban J connectivity index is 2.39. The van der Waals surface area contributed by atoms with Gasteiger partial charge in [0.1, 0.15) is 5.75 Å². The molecule has 0 aliphatic rings. The number of fused-ring (bicyclic) bond motifs is 2. The topological polar surface area (TPSA) is 52.6 Å². The molecule has 0 aromatic heterocycles. The first-order valence-electron chi connectivity index (χ1n) is 6.97. The maximum Gasteiger partial charge on any atom is 0.308 e. The van der Waals surface area contributed by atoms with Gasteiger partial charge in [-0.2, -0.15) is 0 Å². The summed E-state index contributed by atoms with van der Waals surface area (Å²) >= 11 is 3.38. The molecule has 3 aromatic rings. The van der Waals surface area contributed by atoms with Crippen LogP contribution in [0, 0.1) is 0 Å². The van der Waals surface area contributed by atoms with Gasteiger partial charge in [-0.1, -0.05) is 24.3 Å². The van der Waals surface area contributed by atoms with Gasteiger partial charge < -0.3 is 9.47 Å². The number of esters is 2. The van der Waals surface area contributed by atoms with E-state index in [1.54, 1.807) is 6.07 Å². The van der Waals surface area contributed by atoms with Gasteiger partial charge in [0.05, 0.1) is 4.47 Å². The molecule has 0 aliphatic carbocycles. The molecule has 0 fully saturated rings. The second-order valence-electron chi connectivity index (χ2n) is 5.12. The summed E-state index contributed by atoms with van der Waals surface area (Å²) in [5, 5.41) is 3.41. The van der Waals surface area contributed by atoms with E-state index in [4.69, 9.17) is 9.47 Å². The summed E-state index contributed by atoms with van der Waals surface area (Å²) in [6, 6.07) is 13.3. The molecule has 0 atom stereocenters. The molecular weight excluding hydrogens is 360 g/mol. The lowest BCUT2D eigenvalue weighted by Crippen LogP contribution is -2.05. The van der Waals surface area contributed by atoms with Crippen molar-refractivity contribution in [1.82, 2.24) is 0 Å². The van der Waals surface area contributed by atoms with Crippen LogP contribution in [0.15, 0.2) is 46.9 Å². The van der Waals surface area contributed by atoms with Crippen molar-refractivity contribution < 1.29 is 19.1 Å². The molecule has 23 heavy (non-hydrogen) atoms. The van der Waals surface area contributed by atoms with Gasteiger partial charge in [0.25, 0.3) is 0 Å². The van der Waals surface area contributed by atoms with Crippen LogP contribution in [0.3, 0.4) is 0 Å². The molecule has 0 amide bonds. The molecule has 0 N–H and O–H groups in total. The Kier molecular flexibility index (Phi) is 4.05. The molecule has 0 bridgehead atoms. The predicted molar refractivity (Wildman–Crippen MR) is 91.8 cm³/mol. The Morgan fingerprint density at radius 1 is 0.870 bits per heavy atom. The number of halogens is 1. The molecule has 5 heteroatoms. The molecule has 0 unspecified atom stereocenters. The Hall–Kier alpha value is -2.40. The molecule has 3 rings (SSSR count). The number of hydrogen-bond acceptors (Lipinski definition) is 4. The van der Waals surface area contributed by atoms with Gasteiger partial charge in [-0.3, -0.25) is 9.59 Å². The number of ether oxygens (including phenoxy) is 2. The van der Waals surface area contributed by atoms with Crippen molar-refractivity contribution in [3.8, 4) is 11.5 Å². The minimum absolute atomic E-state index is 0.411. The largest absolute Gasteiger partial charge is 0.426 e. The second-order valence-corrected chi connectivity index (χ2v) is 5.97. The predicted octanol–water partition coefficient (Wildman–Crippen LogP) is 4.61. The first-order chi connectivity index (χ1) is 11.0. The smallest absolute Gasteiger partial charge is 0.308 e. The van der Waals surface area contributed by atoms with Crippen LogP contribution >= 0.6 is 15.9 Å². The van der Waals surface area contributed by atoms with E-state index >= 15 is 0 Å². The van der Waals surface area contributed by atoms with E-state index in [1.165, 1.54) is 13.8 Å². The minimum Gasteiger partial charge on any atom is -0.426 e. The summed E-state index contributed by atoms with van der Waals surface area (Å²) in [4.78, 5) is 22.8. The van der Waals surface area contributed by atoms with Gasteiger partial charge in [0.15, 0.2) is 5.75 Å². The highest BCUT2D eigenvalue weighted by Gasteiger charge is 2.16. The summed E-state index contributed by atoms with van der Waals surface area (Å²) in [5.41, 5.74) is 0. The van der Waals surface area contributed by atoms with Crippen LogP contribution < -0.4 is 9.47 Å². The van der Waals surface area contributed by atoms with Crippen molar-refractivity contribution in [1.29, 1.82) is 0 Å². The van der Waals surface area contributed by atoms with Crippen molar-refractivity contribution in [3.05, 3.63) is 46.9 Å². The fourth-order valence-corrected chi connectivity index (χ4v) is 3.01. The van der Waals surface area contributed by atoms with Crippen LogP contribution in [0.4, 0.5) is 0 Å². The lowest BCUT2D eigenvalue weighted by atomic mass is 10.0. The normalized spacial score (nSPS) is 10.7. The number of carbonyl (C=O) groups is 2. The fourth-order valence-electron chi connectivity index (χ4n) is 2.51. The molecule has 4 nitrogen and oxygen atoms in total. The molecular formula is C18H13BrO4. The highest BCUT2D eigenvalue weighted by atomic mass is 79.9. The standard InChI is InChI=1S/C18H13BrO4/c1-10(20)22-17-9-16(19)18(23-11(2)21)15-8-13-6-4-3-5-12(13)7-14(15)17/h3-9H,1-2H3. The molecule has 0 radical (unpaired) electrons. The van der Waals surface area contributed by atoms with Crippen molar-refractivity contribution in [2.75, 3.05) is 0 Å². The number of carbonyl (C=O) groups excluding carboxylic acids is 2. The number of benzene rings is 3. The van der Waals surface area contributed by atoms with E-state index in [1.807, 2.05) is 36.4 Å². The molecule has 0 aliphatic heterocycles. The zero-order valence-corrected chi connectivity index (χ0v) is 14.1. The van der Waals surface area contributed by atoms with Gasteiger partial charge >= 0.3 is 11.9 Å². The average Bonchev–Trinajstić information content (AvgIpc) is 2.49. The SMILES string of the molecule is CC(=O)Oc1cc(Br)c(OC(C)=O)c2cc3ccccc3cc12. The highest BCUT2D eigenvalue weighted by molar-refractivity contribution is 9.10. The van der Waals surface area contributed by atoms with Gasteiger partial charge in [0.2, 0.25) is 0 Å². The number of hydrogen-bond donors (Lipinski definition) is 0. The van der Waals surface area contributed by atoms with E-state index in [-0.39, 0.29) is 0 Å². The second kappa shape index (κ2) is 6.01. The zero-order chi connectivity index (χ0) is 16.6. The van der Waals surface area contributed by atoms with Crippen molar-refractivity contribution >= 4 is 49.4 Å². The van der Waals surface area contributed by atoms with E-state index in [9.17, 15) is 9.59 Å². The maximum absolute atomic E-state index is 11.4. The fraction of sp³-hybridized carbons (Fsp3) is 0.111. The molecule has 0 spiro atoms. The monoisotopic (exact) mass is 372 g/mol. The third kappa shape index (κ3) is 3.05. The molecule has 0 saturated carbocycles. The summed E-state index contributed by atoms with van der Waals surface area (Å²) in [6.07, 6.45) is 0. The van der Waals surface area contributed by atoms with Crippen LogP contribution in [0.2, 0.25) is 0 Å². The Labute approximate surface area is 141 Å². The van der Waals surface area contributed by atoms with E-state index < -0.39 is 11.9 Å². The summed E-state index contributed by atoms with van der Waals surface area (Å²) in [6.45, 7) is 2.69. The van der Waals surface area contributed by atoms with Gasteiger partial charge in [-0.05, 0) is 44.9 Å². The van der Waals surface area contributed by atoms with Gasteiger partial charge in [0, 0.05) is 24.6 Å². The van der Waals surface area contributed by atoms with E-state index in [0.717, 1.165) is 10.8 Å². The van der Waals surface area contributed by atoms with E-state index in [0.29, 0.717) is 26.7 Å². The zero-order valence-electron chi connectivity index (χ0n) is 12.6. The number of rotatable bonds is 2. The van der Waals surface area contributed by atoms with Crippen molar-refractivity contribution in [3.63, 3.8) is 0 Å². The summed E-state index contributed by atoms with van der Waals surface area (Å²) < 4.78 is 11.2. The molecule has 0 heterocycles. The first-order valence-corrected chi connectivity index (χ1v) is 7.77. The summed E-state index contributed by atoms with van der Waals surface area (Å²) in [5.74, 6) is 0.00201. The van der Waals surface area contributed by atoms with Crippen LogP contribution in [0.25, 0.3) is 21.5 Å². The lowest BCUT2D eigenvalue weighted by Gasteiger charge is -2.13. The third-order valence-electron chi connectivity index (χ3n) is 3.37. The Morgan fingerprint density at radius 3 is 2.00 bits per heavy atom. The molecule has 0 saturated heterocycles. The molecule has 116 valence electrons. The third-order valence-corrected chi connectivity index (χ3v) is 3.96. The van der Waals surface area contributed by atoms with Crippen LogP contribution in [0.5, 0.6) is 11.5 Å². The molecule has 3 aromatic carbocycles.